The van der Waals surface area contributed by atoms with E-state index in [2.05, 4.69) is 11.2 Å². The summed E-state index contributed by atoms with van der Waals surface area (Å²) in [4.78, 5) is 3.71. The fourth-order valence-electron chi connectivity index (χ4n) is 1.03. The van der Waals surface area contributed by atoms with Crippen molar-refractivity contribution in [2.75, 3.05) is 0 Å². The summed E-state index contributed by atoms with van der Waals surface area (Å²) in [6.07, 6.45) is 0.492. The van der Waals surface area contributed by atoms with Gasteiger partial charge in [0.2, 0.25) is 0 Å². The molecule has 0 unspecified atom stereocenters. The molecule has 0 atom stereocenters. The van der Waals surface area contributed by atoms with E-state index in [9.17, 15) is 13.2 Å². The molecule has 0 aliphatic rings. The van der Waals surface area contributed by atoms with Crippen molar-refractivity contribution in [3.05, 3.63) is 36.3 Å². The zero-order valence-electron chi connectivity index (χ0n) is 6.34. The van der Waals surface area contributed by atoms with Gasteiger partial charge in [0.15, 0.2) is 0 Å². The lowest BCUT2D eigenvalue weighted by Crippen LogP contribution is -2.05. The fourth-order valence-corrected chi connectivity index (χ4v) is 1.03. The number of hydrogen-bond acceptors (Lipinski definition) is 1. The molecule has 0 fully saturated rings. The minimum atomic E-state index is -4.31. The van der Waals surface area contributed by atoms with E-state index < -0.39 is 11.7 Å². The van der Waals surface area contributed by atoms with Crippen LogP contribution in [0.1, 0.15) is 5.56 Å². The second kappa shape index (κ2) is 2.48. The van der Waals surface area contributed by atoms with Gasteiger partial charge in [-0.3, -0.25) is 0 Å². The van der Waals surface area contributed by atoms with Crippen LogP contribution in [-0.2, 0) is 6.18 Å². The van der Waals surface area contributed by atoms with Gasteiger partial charge in [-0.25, -0.2) is 4.98 Å². The van der Waals surface area contributed by atoms with Crippen molar-refractivity contribution in [2.24, 2.45) is 0 Å². The number of alkyl halides is 3. The number of imidazole rings is 1. The second-order valence-electron chi connectivity index (χ2n) is 2.55. The van der Waals surface area contributed by atoms with Crippen LogP contribution in [0.5, 0.6) is 0 Å². The van der Waals surface area contributed by atoms with Gasteiger partial charge in [-0.2, -0.15) is 13.2 Å². The predicted octanol–water partition coefficient (Wildman–Crippen LogP) is 2.15. The fraction of sp³-hybridized carbons (Fsp3) is 0.125. The van der Waals surface area contributed by atoms with Gasteiger partial charge in [0.25, 0.3) is 0 Å². The topological polar surface area (TPSA) is 17.3 Å². The van der Waals surface area contributed by atoms with Gasteiger partial charge >= 0.3 is 6.18 Å². The molecule has 67 valence electrons. The van der Waals surface area contributed by atoms with Crippen molar-refractivity contribution in [1.82, 2.24) is 9.38 Å². The highest BCUT2D eigenvalue weighted by Crippen LogP contribution is 2.28. The number of halogens is 3. The van der Waals surface area contributed by atoms with Gasteiger partial charge in [-0.1, -0.05) is 0 Å². The van der Waals surface area contributed by atoms with Gasteiger partial charge < -0.3 is 4.40 Å². The molecule has 0 amide bonds. The summed E-state index contributed by atoms with van der Waals surface area (Å²) < 4.78 is 37.8. The molecule has 2 nitrogen and oxygen atoms in total. The Morgan fingerprint density at radius 1 is 1.31 bits per heavy atom. The van der Waals surface area contributed by atoms with E-state index in [-0.39, 0.29) is 0 Å². The molecule has 0 spiro atoms. The summed E-state index contributed by atoms with van der Waals surface area (Å²) in [6, 6.07) is 2.30. The van der Waals surface area contributed by atoms with Gasteiger partial charge in [0, 0.05) is 12.4 Å². The Hall–Kier alpha value is -1.52. The maximum absolute atomic E-state index is 12.2. The molecule has 0 saturated carbocycles. The van der Waals surface area contributed by atoms with Crippen LogP contribution in [0.15, 0.2) is 24.5 Å². The zero-order chi connectivity index (χ0) is 9.47. The first-order valence-electron chi connectivity index (χ1n) is 3.49. The lowest BCUT2D eigenvalue weighted by molar-refractivity contribution is -0.137. The van der Waals surface area contributed by atoms with Crippen molar-refractivity contribution in [3.8, 4) is 0 Å². The van der Waals surface area contributed by atoms with Crippen LogP contribution in [-0.4, -0.2) is 9.38 Å². The second-order valence-corrected chi connectivity index (χ2v) is 2.55. The summed E-state index contributed by atoms with van der Waals surface area (Å²) in [7, 11) is 0. The number of aromatic nitrogens is 2. The van der Waals surface area contributed by atoms with E-state index >= 15 is 0 Å². The number of fused-ring (bicyclic) bond motifs is 1. The standard InChI is InChI=1S/C8H4F3N2/c9-8(10,11)6-1-2-7-12-3-4-13(7)5-6/h1-2,4-5H. The monoisotopic (exact) mass is 185 g/mol. The SMILES string of the molecule is FC(F)(F)c1ccc2n[c]cn2c1. The van der Waals surface area contributed by atoms with E-state index in [1.165, 1.54) is 16.7 Å². The molecule has 2 heterocycles. The van der Waals surface area contributed by atoms with E-state index in [1.54, 1.807) is 0 Å². The highest BCUT2D eigenvalue weighted by atomic mass is 19.4. The number of pyridine rings is 1. The lowest BCUT2D eigenvalue weighted by Gasteiger charge is -2.05. The Morgan fingerprint density at radius 3 is 2.77 bits per heavy atom. The molecular formula is C8H4F3N2. The maximum atomic E-state index is 12.2. The average Bonchev–Trinajstić information content (AvgIpc) is 2.47. The molecule has 0 N–H and O–H groups in total. The minimum absolute atomic E-state index is 0.452. The Labute approximate surface area is 71.6 Å². The first-order valence-corrected chi connectivity index (χ1v) is 3.49. The molecule has 2 rings (SSSR count). The molecule has 0 bridgehead atoms. The third-order valence-electron chi connectivity index (χ3n) is 1.66. The van der Waals surface area contributed by atoms with Crippen molar-refractivity contribution in [2.45, 2.75) is 6.18 Å². The molecule has 1 radical (unpaired) electrons. The van der Waals surface area contributed by atoms with Gasteiger partial charge in [-0.15, -0.1) is 0 Å². The van der Waals surface area contributed by atoms with Gasteiger partial charge in [0.1, 0.15) is 11.8 Å². The maximum Gasteiger partial charge on any atom is 0.417 e. The van der Waals surface area contributed by atoms with E-state index in [0.29, 0.717) is 5.65 Å². The Kier molecular flexibility index (Phi) is 1.55. The Morgan fingerprint density at radius 2 is 2.08 bits per heavy atom. The summed E-state index contributed by atoms with van der Waals surface area (Å²) in [5.74, 6) is 0. The average molecular weight is 185 g/mol. The van der Waals surface area contributed by atoms with Crippen LogP contribution in [0.2, 0.25) is 0 Å². The molecule has 2 aromatic heterocycles. The first-order chi connectivity index (χ1) is 6.07. The number of rotatable bonds is 0. The predicted molar refractivity (Wildman–Crippen MR) is 39.0 cm³/mol. The van der Waals surface area contributed by atoms with Crippen molar-refractivity contribution in [3.63, 3.8) is 0 Å². The number of nitrogens with zero attached hydrogens (tertiary/aromatic N) is 2. The molecule has 0 aromatic carbocycles. The minimum Gasteiger partial charge on any atom is -0.306 e. The van der Waals surface area contributed by atoms with Gasteiger partial charge in [0.05, 0.1) is 5.56 Å². The highest BCUT2D eigenvalue weighted by Gasteiger charge is 2.30. The molecule has 13 heavy (non-hydrogen) atoms. The van der Waals surface area contributed by atoms with Crippen LogP contribution < -0.4 is 0 Å². The molecule has 5 heteroatoms. The molecule has 0 saturated heterocycles. The molecule has 0 aliphatic heterocycles. The molecule has 2 aromatic rings. The third-order valence-corrected chi connectivity index (χ3v) is 1.66. The van der Waals surface area contributed by atoms with E-state index in [4.69, 9.17) is 0 Å². The van der Waals surface area contributed by atoms with E-state index in [1.807, 2.05) is 0 Å². The number of hydrogen-bond donors (Lipinski definition) is 0. The molecule has 0 aliphatic carbocycles. The van der Waals surface area contributed by atoms with Gasteiger partial charge in [-0.05, 0) is 12.1 Å². The lowest BCUT2D eigenvalue weighted by atomic mass is 10.3. The highest BCUT2D eigenvalue weighted by molar-refractivity contribution is 5.39. The van der Waals surface area contributed by atoms with Crippen molar-refractivity contribution in [1.29, 1.82) is 0 Å². The smallest absolute Gasteiger partial charge is 0.306 e. The zero-order valence-corrected chi connectivity index (χ0v) is 6.34. The quantitative estimate of drug-likeness (QED) is 0.614. The van der Waals surface area contributed by atoms with Crippen LogP contribution in [0, 0.1) is 6.20 Å². The van der Waals surface area contributed by atoms with Crippen LogP contribution >= 0.6 is 0 Å². The third kappa shape index (κ3) is 1.37. The Balaban J connectivity index is 2.61. The Bertz CT molecular complexity index is 430. The largest absolute Gasteiger partial charge is 0.417 e. The van der Waals surface area contributed by atoms with E-state index in [0.717, 1.165) is 12.3 Å². The molecular weight excluding hydrogens is 181 g/mol. The summed E-state index contributed by atoms with van der Waals surface area (Å²) >= 11 is 0. The summed E-state index contributed by atoms with van der Waals surface area (Å²) in [5, 5.41) is 0. The van der Waals surface area contributed by atoms with Crippen LogP contribution in [0.25, 0.3) is 5.65 Å². The summed E-state index contributed by atoms with van der Waals surface area (Å²) in [5.41, 5.74) is -0.237. The first kappa shape index (κ1) is 8.10. The van der Waals surface area contributed by atoms with Crippen molar-refractivity contribution < 1.29 is 13.2 Å². The van der Waals surface area contributed by atoms with Crippen LogP contribution in [0.3, 0.4) is 0 Å². The van der Waals surface area contributed by atoms with Crippen molar-refractivity contribution >= 4 is 5.65 Å². The normalized spacial score (nSPS) is 12.2. The van der Waals surface area contributed by atoms with Crippen LogP contribution in [0.4, 0.5) is 13.2 Å². The summed E-state index contributed by atoms with van der Waals surface area (Å²) in [6.45, 7) is 0.